The molecule has 1 fully saturated rings. The summed E-state index contributed by atoms with van der Waals surface area (Å²) in [5.41, 5.74) is -1.35. The standard InChI is InChI=1S/C14H16F3NO3/c1-8-11(5-6-21-8)18(2)12-4-3-9(13(19)20)7-10(12)14(15,16)17/h3-4,7-8,11H,5-6H2,1-2H3,(H,19,20). The second kappa shape index (κ2) is 5.55. The smallest absolute Gasteiger partial charge is 0.418 e. The number of alkyl halides is 3. The van der Waals surface area contributed by atoms with Gasteiger partial charge >= 0.3 is 12.1 Å². The van der Waals surface area contributed by atoms with Gasteiger partial charge in [0.1, 0.15) is 0 Å². The summed E-state index contributed by atoms with van der Waals surface area (Å²) in [5.74, 6) is -1.38. The van der Waals surface area contributed by atoms with Crippen molar-refractivity contribution in [1.82, 2.24) is 0 Å². The molecule has 1 aliphatic heterocycles. The van der Waals surface area contributed by atoms with Gasteiger partial charge in [0.25, 0.3) is 0 Å². The molecule has 0 aliphatic carbocycles. The van der Waals surface area contributed by atoms with Crippen molar-refractivity contribution in [2.45, 2.75) is 31.7 Å². The van der Waals surface area contributed by atoms with Crippen molar-refractivity contribution in [2.24, 2.45) is 0 Å². The Morgan fingerprint density at radius 2 is 2.10 bits per heavy atom. The minimum Gasteiger partial charge on any atom is -0.478 e. The van der Waals surface area contributed by atoms with Crippen molar-refractivity contribution < 1.29 is 27.8 Å². The molecule has 1 aromatic carbocycles. The van der Waals surface area contributed by atoms with Crippen LogP contribution in [0.25, 0.3) is 0 Å². The first kappa shape index (κ1) is 15.6. The second-order valence-corrected chi connectivity index (χ2v) is 5.08. The number of rotatable bonds is 3. The number of hydrogen-bond acceptors (Lipinski definition) is 3. The number of anilines is 1. The summed E-state index contributed by atoms with van der Waals surface area (Å²) < 4.78 is 44.9. The van der Waals surface area contributed by atoms with Gasteiger partial charge in [0.2, 0.25) is 0 Å². The summed E-state index contributed by atoms with van der Waals surface area (Å²) in [6, 6.07) is 2.90. The van der Waals surface area contributed by atoms with E-state index in [0.717, 1.165) is 0 Å². The van der Waals surface area contributed by atoms with Crippen LogP contribution in [0.5, 0.6) is 0 Å². The molecule has 1 heterocycles. The highest BCUT2D eigenvalue weighted by molar-refractivity contribution is 5.88. The molecule has 2 atom stereocenters. The summed E-state index contributed by atoms with van der Waals surface area (Å²) in [6.07, 6.45) is -4.15. The lowest BCUT2D eigenvalue weighted by Gasteiger charge is -2.31. The highest BCUT2D eigenvalue weighted by atomic mass is 19.4. The lowest BCUT2D eigenvalue weighted by atomic mass is 10.0. The maximum Gasteiger partial charge on any atom is 0.418 e. The molecule has 7 heteroatoms. The number of hydrogen-bond donors (Lipinski definition) is 1. The van der Waals surface area contributed by atoms with E-state index in [1.54, 1.807) is 7.05 Å². The number of ether oxygens (including phenoxy) is 1. The van der Waals surface area contributed by atoms with Crippen LogP contribution >= 0.6 is 0 Å². The molecular weight excluding hydrogens is 287 g/mol. The van der Waals surface area contributed by atoms with E-state index < -0.39 is 17.7 Å². The van der Waals surface area contributed by atoms with Crippen molar-refractivity contribution in [3.63, 3.8) is 0 Å². The van der Waals surface area contributed by atoms with E-state index in [0.29, 0.717) is 19.1 Å². The molecule has 0 saturated carbocycles. The zero-order chi connectivity index (χ0) is 15.8. The Morgan fingerprint density at radius 1 is 1.43 bits per heavy atom. The van der Waals surface area contributed by atoms with Crippen molar-refractivity contribution in [3.8, 4) is 0 Å². The Kier molecular flexibility index (Phi) is 4.13. The minimum absolute atomic E-state index is 0.0325. The van der Waals surface area contributed by atoms with E-state index in [-0.39, 0.29) is 23.4 Å². The van der Waals surface area contributed by atoms with Gasteiger partial charge < -0.3 is 14.7 Å². The predicted octanol–water partition coefficient (Wildman–Crippen LogP) is 3.02. The molecule has 4 nitrogen and oxygen atoms in total. The van der Waals surface area contributed by atoms with Gasteiger partial charge in [-0.15, -0.1) is 0 Å². The molecule has 1 aliphatic rings. The Labute approximate surface area is 120 Å². The summed E-state index contributed by atoms with van der Waals surface area (Å²) >= 11 is 0. The third-order valence-corrected chi connectivity index (χ3v) is 3.76. The van der Waals surface area contributed by atoms with Crippen LogP contribution < -0.4 is 4.90 Å². The number of carboxylic acid groups (broad SMARTS) is 1. The van der Waals surface area contributed by atoms with Crippen LogP contribution in [0.15, 0.2) is 18.2 Å². The minimum atomic E-state index is -4.61. The fraction of sp³-hybridized carbons (Fsp3) is 0.500. The van der Waals surface area contributed by atoms with E-state index >= 15 is 0 Å². The molecule has 2 rings (SSSR count). The number of carboxylic acids is 1. The summed E-state index contributed by atoms with van der Waals surface area (Å²) in [6.45, 7) is 2.32. The number of halogens is 3. The molecule has 0 radical (unpaired) electrons. The van der Waals surface area contributed by atoms with E-state index in [2.05, 4.69) is 0 Å². The molecule has 116 valence electrons. The van der Waals surface area contributed by atoms with Crippen LogP contribution in [0, 0.1) is 0 Å². The largest absolute Gasteiger partial charge is 0.478 e. The molecule has 0 spiro atoms. The first-order valence-electron chi connectivity index (χ1n) is 6.51. The first-order valence-corrected chi connectivity index (χ1v) is 6.51. The summed E-state index contributed by atoms with van der Waals surface area (Å²) in [5, 5.41) is 8.86. The van der Waals surface area contributed by atoms with Gasteiger partial charge in [0.15, 0.2) is 0 Å². The predicted molar refractivity (Wildman–Crippen MR) is 70.6 cm³/mol. The van der Waals surface area contributed by atoms with Crippen LogP contribution in [-0.2, 0) is 10.9 Å². The van der Waals surface area contributed by atoms with Crippen LogP contribution in [0.3, 0.4) is 0 Å². The number of carbonyl (C=O) groups is 1. The number of aromatic carboxylic acids is 1. The second-order valence-electron chi connectivity index (χ2n) is 5.08. The Bertz CT molecular complexity index is 545. The van der Waals surface area contributed by atoms with E-state index in [1.165, 1.54) is 17.0 Å². The van der Waals surface area contributed by atoms with Gasteiger partial charge in [-0.05, 0) is 31.5 Å². The summed E-state index contributed by atoms with van der Waals surface area (Å²) in [4.78, 5) is 12.4. The number of likely N-dealkylation sites (N-methyl/N-ethyl adjacent to an activating group) is 1. The normalized spacial score (nSPS) is 22.3. The van der Waals surface area contributed by atoms with Crippen molar-refractivity contribution >= 4 is 11.7 Å². The lowest BCUT2D eigenvalue weighted by molar-refractivity contribution is -0.137. The molecule has 2 unspecified atom stereocenters. The Morgan fingerprint density at radius 3 is 2.57 bits per heavy atom. The maximum atomic E-state index is 13.2. The van der Waals surface area contributed by atoms with Gasteiger partial charge in [-0.3, -0.25) is 0 Å². The molecule has 0 bridgehead atoms. The average molecular weight is 303 g/mol. The van der Waals surface area contributed by atoms with Crippen LogP contribution in [-0.4, -0.2) is 36.9 Å². The van der Waals surface area contributed by atoms with Gasteiger partial charge in [-0.1, -0.05) is 0 Å². The average Bonchev–Trinajstić information content (AvgIpc) is 2.82. The van der Waals surface area contributed by atoms with Crippen LogP contribution in [0.1, 0.15) is 29.3 Å². The highest BCUT2D eigenvalue weighted by Gasteiger charge is 2.37. The Hall–Kier alpha value is -1.76. The molecule has 1 aromatic rings. The van der Waals surface area contributed by atoms with E-state index in [9.17, 15) is 18.0 Å². The molecule has 0 aromatic heterocycles. The Balaban J connectivity index is 2.45. The van der Waals surface area contributed by atoms with Crippen molar-refractivity contribution in [2.75, 3.05) is 18.6 Å². The SMILES string of the molecule is CC1OCCC1N(C)c1ccc(C(=O)O)cc1C(F)(F)F. The van der Waals surface area contributed by atoms with E-state index in [1.807, 2.05) is 6.92 Å². The van der Waals surface area contributed by atoms with Gasteiger partial charge in [0, 0.05) is 19.3 Å². The van der Waals surface area contributed by atoms with Crippen molar-refractivity contribution in [1.29, 1.82) is 0 Å². The van der Waals surface area contributed by atoms with Crippen molar-refractivity contribution in [3.05, 3.63) is 29.3 Å². The quantitative estimate of drug-likeness (QED) is 0.932. The monoisotopic (exact) mass is 303 g/mol. The van der Waals surface area contributed by atoms with Gasteiger partial charge in [-0.2, -0.15) is 13.2 Å². The summed E-state index contributed by atoms with van der Waals surface area (Å²) in [7, 11) is 1.57. The number of benzene rings is 1. The maximum absolute atomic E-state index is 13.2. The fourth-order valence-corrected chi connectivity index (χ4v) is 2.61. The molecule has 1 saturated heterocycles. The molecular formula is C14H16F3NO3. The van der Waals surface area contributed by atoms with Gasteiger partial charge in [-0.25, -0.2) is 4.79 Å². The third-order valence-electron chi connectivity index (χ3n) is 3.76. The van der Waals surface area contributed by atoms with Crippen LogP contribution in [0.4, 0.5) is 18.9 Å². The molecule has 21 heavy (non-hydrogen) atoms. The lowest BCUT2D eigenvalue weighted by Crippen LogP contribution is -2.38. The van der Waals surface area contributed by atoms with Crippen LogP contribution in [0.2, 0.25) is 0 Å². The molecule has 0 amide bonds. The van der Waals surface area contributed by atoms with E-state index in [4.69, 9.17) is 9.84 Å². The zero-order valence-electron chi connectivity index (χ0n) is 11.6. The topological polar surface area (TPSA) is 49.8 Å². The number of nitrogens with zero attached hydrogens (tertiary/aromatic N) is 1. The fourth-order valence-electron chi connectivity index (χ4n) is 2.61. The van der Waals surface area contributed by atoms with Gasteiger partial charge in [0.05, 0.1) is 23.3 Å². The zero-order valence-corrected chi connectivity index (χ0v) is 11.6. The molecule has 1 N–H and O–H groups in total. The first-order chi connectivity index (χ1) is 9.71. The highest BCUT2D eigenvalue weighted by Crippen LogP contribution is 2.38. The third kappa shape index (κ3) is 3.12.